The van der Waals surface area contributed by atoms with Crippen LogP contribution in [0.25, 0.3) is 22.1 Å². The molecule has 7 nitrogen and oxygen atoms in total. The molecular weight excluding hydrogens is 448 g/mol. The monoisotopic (exact) mass is 474 g/mol. The van der Waals surface area contributed by atoms with Crippen LogP contribution in [-0.4, -0.2) is 34.4 Å². The third-order valence-corrected chi connectivity index (χ3v) is 6.02. The Morgan fingerprint density at radius 1 is 0.857 bits per heavy atom. The molecule has 0 bridgehead atoms. The Morgan fingerprint density at radius 3 is 2.23 bits per heavy atom. The highest BCUT2D eigenvalue weighted by atomic mass is 16.5. The van der Waals surface area contributed by atoms with Gasteiger partial charge in [-0.3, -0.25) is 9.59 Å². The predicted molar refractivity (Wildman–Crippen MR) is 132 cm³/mol. The number of hydrogen-bond donors (Lipinski definition) is 0. The Kier molecular flexibility index (Phi) is 7.06. The number of hydrogen-bond acceptors (Lipinski definition) is 7. The number of methoxy groups -OCH3 is 4. The van der Waals surface area contributed by atoms with Crippen LogP contribution >= 0.6 is 0 Å². The second-order valence-electron chi connectivity index (χ2n) is 7.84. The molecule has 0 aliphatic carbocycles. The van der Waals surface area contributed by atoms with Crippen molar-refractivity contribution < 1.29 is 28.2 Å². The molecule has 1 heterocycles. The predicted octanol–water partition coefficient (Wildman–Crippen LogP) is 5.18. The van der Waals surface area contributed by atoms with Crippen molar-refractivity contribution in [3.05, 3.63) is 88.3 Å². The summed E-state index contributed by atoms with van der Waals surface area (Å²) >= 11 is 0. The fourth-order valence-corrected chi connectivity index (χ4v) is 4.25. The van der Waals surface area contributed by atoms with Gasteiger partial charge in [0.05, 0.1) is 45.8 Å². The number of ether oxygens (including phenoxy) is 4. The van der Waals surface area contributed by atoms with E-state index in [4.69, 9.17) is 23.4 Å². The minimum atomic E-state index is -0.549. The second kappa shape index (κ2) is 10.3. The summed E-state index contributed by atoms with van der Waals surface area (Å²) in [6.07, 6.45) is 1.43. The van der Waals surface area contributed by atoms with Crippen LogP contribution in [0.5, 0.6) is 17.2 Å². The van der Waals surface area contributed by atoms with Crippen molar-refractivity contribution in [2.45, 2.75) is 12.3 Å². The molecule has 3 aromatic carbocycles. The van der Waals surface area contributed by atoms with Crippen molar-refractivity contribution >= 4 is 16.9 Å². The Hall–Kier alpha value is -4.26. The van der Waals surface area contributed by atoms with E-state index in [1.165, 1.54) is 20.5 Å². The average Bonchev–Trinajstić information content (AvgIpc) is 2.91. The van der Waals surface area contributed by atoms with Crippen LogP contribution in [0.2, 0.25) is 0 Å². The number of carbonyl (C=O) groups excluding carboxylic acids is 1. The van der Waals surface area contributed by atoms with Gasteiger partial charge in [-0.25, -0.2) is 0 Å². The maximum Gasteiger partial charge on any atom is 0.306 e. The normalized spacial score (nSPS) is 11.7. The van der Waals surface area contributed by atoms with E-state index in [1.54, 1.807) is 50.6 Å². The molecule has 180 valence electrons. The maximum absolute atomic E-state index is 13.5. The van der Waals surface area contributed by atoms with Crippen LogP contribution in [0.3, 0.4) is 0 Å². The molecule has 0 saturated carbocycles. The number of carbonyl (C=O) groups is 1. The zero-order chi connectivity index (χ0) is 24.9. The third-order valence-electron chi connectivity index (χ3n) is 6.02. The number of esters is 1. The summed E-state index contributed by atoms with van der Waals surface area (Å²) < 4.78 is 27.5. The Labute approximate surface area is 202 Å². The summed E-state index contributed by atoms with van der Waals surface area (Å²) in [5.74, 6) is 0.799. The molecule has 0 spiro atoms. The largest absolute Gasteiger partial charge is 0.497 e. The molecule has 4 rings (SSSR count). The van der Waals surface area contributed by atoms with Crippen LogP contribution in [0.4, 0.5) is 0 Å². The van der Waals surface area contributed by atoms with E-state index in [0.717, 1.165) is 5.56 Å². The van der Waals surface area contributed by atoms with Crippen molar-refractivity contribution in [2.24, 2.45) is 0 Å². The molecule has 0 amide bonds. The van der Waals surface area contributed by atoms with E-state index in [9.17, 15) is 9.59 Å². The first-order valence-electron chi connectivity index (χ1n) is 11.0. The highest BCUT2D eigenvalue weighted by Crippen LogP contribution is 2.42. The summed E-state index contributed by atoms with van der Waals surface area (Å²) in [5.41, 5.74) is 2.57. The lowest BCUT2D eigenvalue weighted by Crippen LogP contribution is -2.14. The van der Waals surface area contributed by atoms with E-state index >= 15 is 0 Å². The van der Waals surface area contributed by atoms with Crippen molar-refractivity contribution in [3.8, 4) is 28.4 Å². The van der Waals surface area contributed by atoms with Gasteiger partial charge in [0, 0.05) is 17.0 Å². The lowest BCUT2D eigenvalue weighted by atomic mass is 9.86. The van der Waals surface area contributed by atoms with Gasteiger partial charge in [-0.15, -0.1) is 0 Å². The molecule has 4 aromatic rings. The summed E-state index contributed by atoms with van der Waals surface area (Å²) in [6, 6.07) is 18.0. The Bertz CT molecular complexity index is 1400. The summed E-state index contributed by atoms with van der Waals surface area (Å²) in [5, 5.41) is 0.374. The molecule has 0 saturated heterocycles. The topological polar surface area (TPSA) is 84.2 Å². The third kappa shape index (κ3) is 4.57. The number of fused-ring (bicyclic) bond motifs is 1. The van der Waals surface area contributed by atoms with Crippen molar-refractivity contribution in [1.82, 2.24) is 0 Å². The zero-order valence-corrected chi connectivity index (χ0v) is 20.0. The fraction of sp³-hybridized carbons (Fsp3) is 0.214. The highest BCUT2D eigenvalue weighted by Gasteiger charge is 2.29. The smallest absolute Gasteiger partial charge is 0.306 e. The van der Waals surface area contributed by atoms with Crippen LogP contribution in [-0.2, 0) is 9.53 Å². The van der Waals surface area contributed by atoms with E-state index in [1.807, 2.05) is 24.3 Å². The van der Waals surface area contributed by atoms with Gasteiger partial charge in [-0.1, -0.05) is 30.3 Å². The van der Waals surface area contributed by atoms with Crippen molar-refractivity contribution in [1.29, 1.82) is 0 Å². The number of rotatable bonds is 8. The van der Waals surface area contributed by atoms with Gasteiger partial charge in [0.15, 0.2) is 0 Å². The first-order chi connectivity index (χ1) is 17.0. The number of benzene rings is 3. The van der Waals surface area contributed by atoms with Gasteiger partial charge < -0.3 is 23.4 Å². The first-order valence-corrected chi connectivity index (χ1v) is 11.0. The first kappa shape index (κ1) is 23.9. The van der Waals surface area contributed by atoms with Crippen molar-refractivity contribution in [2.75, 3.05) is 28.4 Å². The molecule has 0 unspecified atom stereocenters. The zero-order valence-electron chi connectivity index (χ0n) is 20.0. The minimum Gasteiger partial charge on any atom is -0.497 e. The lowest BCUT2D eigenvalue weighted by molar-refractivity contribution is -0.140. The minimum absolute atomic E-state index is 0.00368. The van der Waals surface area contributed by atoms with E-state index in [2.05, 4.69) is 0 Å². The Morgan fingerprint density at radius 2 is 1.57 bits per heavy atom. The van der Waals surface area contributed by atoms with Crippen LogP contribution in [0.15, 0.2) is 76.1 Å². The molecule has 0 aliphatic heterocycles. The average molecular weight is 475 g/mol. The molecule has 35 heavy (non-hydrogen) atoms. The van der Waals surface area contributed by atoms with E-state index in [-0.39, 0.29) is 11.8 Å². The fourth-order valence-electron chi connectivity index (χ4n) is 4.25. The molecule has 0 aliphatic rings. The lowest BCUT2D eigenvalue weighted by Gasteiger charge is -2.22. The van der Waals surface area contributed by atoms with Gasteiger partial charge in [0.2, 0.25) is 5.43 Å². The van der Waals surface area contributed by atoms with Gasteiger partial charge in [-0.2, -0.15) is 0 Å². The summed E-state index contributed by atoms with van der Waals surface area (Å²) in [6.45, 7) is 0. The quantitative estimate of drug-likeness (QED) is 0.325. The van der Waals surface area contributed by atoms with Gasteiger partial charge >= 0.3 is 5.97 Å². The van der Waals surface area contributed by atoms with Gasteiger partial charge in [0.1, 0.15) is 29.1 Å². The SMILES string of the molecule is COC(=O)C[C@@H](c1ccccc1OC)c1c(OC)ccc2c(=O)c(-c3ccc(OC)cc3)coc12. The van der Waals surface area contributed by atoms with Crippen LogP contribution < -0.4 is 19.6 Å². The van der Waals surface area contributed by atoms with E-state index < -0.39 is 11.9 Å². The van der Waals surface area contributed by atoms with Gasteiger partial charge in [0.25, 0.3) is 0 Å². The Balaban J connectivity index is 1.97. The maximum atomic E-state index is 13.5. The molecule has 1 atom stereocenters. The van der Waals surface area contributed by atoms with Crippen molar-refractivity contribution in [3.63, 3.8) is 0 Å². The van der Waals surface area contributed by atoms with Gasteiger partial charge in [-0.05, 0) is 35.9 Å². The molecule has 0 fully saturated rings. The molecular formula is C28H26O7. The summed E-state index contributed by atoms with van der Waals surface area (Å²) in [4.78, 5) is 26.0. The molecule has 7 heteroatoms. The number of para-hydroxylation sites is 1. The highest BCUT2D eigenvalue weighted by molar-refractivity contribution is 5.87. The van der Waals surface area contributed by atoms with Crippen LogP contribution in [0.1, 0.15) is 23.5 Å². The summed E-state index contributed by atoms with van der Waals surface area (Å²) in [7, 11) is 6.02. The molecule has 0 N–H and O–H groups in total. The second-order valence-corrected chi connectivity index (χ2v) is 7.84. The standard InChI is InChI=1S/C28H26O7/c1-31-18-11-9-17(10-12-18)22-16-35-28-20(27(22)30)13-14-24(33-3)26(28)21(15-25(29)34-4)19-7-5-6-8-23(19)32-2/h5-14,16,21H,15H2,1-4H3/t21-/m0/s1. The molecule has 0 radical (unpaired) electrons. The van der Waals surface area contributed by atoms with Crippen LogP contribution in [0, 0.1) is 0 Å². The molecule has 1 aromatic heterocycles. The van der Waals surface area contributed by atoms with E-state index in [0.29, 0.717) is 44.9 Å².